The van der Waals surface area contributed by atoms with E-state index in [1.54, 1.807) is 11.4 Å². The predicted octanol–water partition coefficient (Wildman–Crippen LogP) is 3.00. The fourth-order valence-electron chi connectivity index (χ4n) is 3.02. The van der Waals surface area contributed by atoms with Crippen molar-refractivity contribution in [2.24, 2.45) is 5.92 Å². The summed E-state index contributed by atoms with van der Waals surface area (Å²) in [5.41, 5.74) is -0.226. The molecule has 2 aromatic rings. The van der Waals surface area contributed by atoms with E-state index in [0.29, 0.717) is 6.07 Å². The van der Waals surface area contributed by atoms with Gasteiger partial charge in [-0.1, -0.05) is 6.07 Å². The van der Waals surface area contributed by atoms with Crippen molar-refractivity contribution in [3.8, 4) is 0 Å². The molecule has 162 valence electrons. The Morgan fingerprint density at radius 2 is 1.93 bits per heavy atom. The zero-order valence-corrected chi connectivity index (χ0v) is 17.6. The number of carbonyl (C=O) groups is 2. The Morgan fingerprint density at radius 1 is 1.23 bits per heavy atom. The fraction of sp³-hybridized carbons (Fsp3) is 0.368. The van der Waals surface area contributed by atoms with E-state index in [2.05, 4.69) is 5.32 Å². The van der Waals surface area contributed by atoms with Gasteiger partial charge in [0.05, 0.1) is 11.6 Å². The maximum atomic E-state index is 13.6. The standard InChI is InChI=1S/C19H20F2N2O5S2/c1-12(18(24)22-16-5-4-14(20)11-15(16)21)28-19(25)13-6-8-23(9-7-13)30(26,27)17-3-2-10-29-17/h2-5,10-13H,6-9H2,1H3,(H,22,24). The average molecular weight is 459 g/mol. The van der Waals surface area contributed by atoms with Crippen LogP contribution in [0.15, 0.2) is 39.9 Å². The van der Waals surface area contributed by atoms with E-state index >= 15 is 0 Å². The van der Waals surface area contributed by atoms with Gasteiger partial charge in [-0.2, -0.15) is 4.31 Å². The summed E-state index contributed by atoms with van der Waals surface area (Å²) in [6.07, 6.45) is -0.663. The number of rotatable bonds is 6. The number of thiophene rings is 1. The zero-order chi connectivity index (χ0) is 21.9. The van der Waals surface area contributed by atoms with Crippen molar-refractivity contribution in [2.75, 3.05) is 18.4 Å². The van der Waals surface area contributed by atoms with Gasteiger partial charge in [0.1, 0.15) is 15.8 Å². The van der Waals surface area contributed by atoms with Crippen molar-refractivity contribution in [2.45, 2.75) is 30.1 Å². The number of anilines is 1. The van der Waals surface area contributed by atoms with Gasteiger partial charge in [-0.05, 0) is 43.3 Å². The lowest BCUT2D eigenvalue weighted by atomic mass is 9.98. The molecular formula is C19H20F2N2O5S2. The smallest absolute Gasteiger partial charge is 0.309 e. The van der Waals surface area contributed by atoms with Crippen LogP contribution in [0.1, 0.15) is 19.8 Å². The highest BCUT2D eigenvalue weighted by molar-refractivity contribution is 7.91. The number of nitrogens with one attached hydrogen (secondary N) is 1. The van der Waals surface area contributed by atoms with E-state index in [1.165, 1.54) is 17.3 Å². The fourth-order valence-corrected chi connectivity index (χ4v) is 5.63. The number of ether oxygens (including phenoxy) is 1. The summed E-state index contributed by atoms with van der Waals surface area (Å²) in [4.78, 5) is 24.5. The quantitative estimate of drug-likeness (QED) is 0.672. The molecule has 1 saturated heterocycles. The SMILES string of the molecule is CC(OC(=O)C1CCN(S(=O)(=O)c2cccs2)CC1)C(=O)Nc1ccc(F)cc1F. The first-order chi connectivity index (χ1) is 14.2. The van der Waals surface area contributed by atoms with Crippen molar-refractivity contribution in [3.63, 3.8) is 0 Å². The van der Waals surface area contributed by atoms with Crippen molar-refractivity contribution in [3.05, 3.63) is 47.3 Å². The molecule has 0 spiro atoms. The van der Waals surface area contributed by atoms with Gasteiger partial charge in [-0.25, -0.2) is 17.2 Å². The van der Waals surface area contributed by atoms with Crippen LogP contribution in [0.2, 0.25) is 0 Å². The lowest BCUT2D eigenvalue weighted by Crippen LogP contribution is -2.41. The Balaban J connectivity index is 1.52. The van der Waals surface area contributed by atoms with Gasteiger partial charge in [0.25, 0.3) is 15.9 Å². The normalized spacial score (nSPS) is 16.8. The van der Waals surface area contributed by atoms with E-state index in [-0.39, 0.29) is 35.8 Å². The number of nitrogens with zero attached hydrogens (tertiary/aromatic N) is 1. The largest absolute Gasteiger partial charge is 0.452 e. The van der Waals surface area contributed by atoms with Gasteiger partial charge in [0.15, 0.2) is 6.10 Å². The lowest BCUT2D eigenvalue weighted by molar-refractivity contribution is -0.158. The molecule has 1 atom stereocenters. The van der Waals surface area contributed by atoms with E-state index in [0.717, 1.165) is 23.5 Å². The number of sulfonamides is 1. The van der Waals surface area contributed by atoms with Gasteiger partial charge in [-0.3, -0.25) is 9.59 Å². The third kappa shape index (κ3) is 5.02. The second-order valence-electron chi connectivity index (χ2n) is 6.80. The molecule has 1 unspecified atom stereocenters. The van der Waals surface area contributed by atoms with Crippen LogP contribution in [-0.2, 0) is 24.3 Å². The van der Waals surface area contributed by atoms with Gasteiger partial charge < -0.3 is 10.1 Å². The van der Waals surface area contributed by atoms with Crippen molar-refractivity contribution >= 4 is 38.9 Å². The minimum Gasteiger partial charge on any atom is -0.452 e. The molecule has 1 aromatic heterocycles. The Hall–Kier alpha value is -2.37. The van der Waals surface area contributed by atoms with Crippen LogP contribution in [-0.4, -0.2) is 43.8 Å². The van der Waals surface area contributed by atoms with Gasteiger partial charge in [-0.15, -0.1) is 11.3 Å². The maximum absolute atomic E-state index is 13.6. The number of carbonyl (C=O) groups excluding carboxylic acids is 2. The van der Waals surface area contributed by atoms with Crippen LogP contribution in [0.25, 0.3) is 0 Å². The van der Waals surface area contributed by atoms with Gasteiger partial charge in [0.2, 0.25) is 0 Å². The molecule has 1 fully saturated rings. The Morgan fingerprint density at radius 3 is 2.53 bits per heavy atom. The Labute approximate surface area is 176 Å². The molecule has 0 bridgehead atoms. The molecule has 0 aliphatic carbocycles. The summed E-state index contributed by atoms with van der Waals surface area (Å²) in [5.74, 6) is -3.65. The molecule has 1 aliphatic rings. The van der Waals surface area contributed by atoms with Crippen molar-refractivity contribution in [1.29, 1.82) is 0 Å². The zero-order valence-electron chi connectivity index (χ0n) is 16.0. The summed E-state index contributed by atoms with van der Waals surface area (Å²) in [7, 11) is -3.57. The second-order valence-corrected chi connectivity index (χ2v) is 9.92. The number of hydrogen-bond donors (Lipinski definition) is 1. The number of amides is 1. The van der Waals surface area contributed by atoms with E-state index in [1.807, 2.05) is 0 Å². The number of halogens is 2. The average Bonchev–Trinajstić information content (AvgIpc) is 3.26. The number of esters is 1. The highest BCUT2D eigenvalue weighted by Gasteiger charge is 2.34. The van der Waals surface area contributed by atoms with Crippen molar-refractivity contribution in [1.82, 2.24) is 4.31 Å². The molecular weight excluding hydrogens is 438 g/mol. The molecule has 3 rings (SSSR count). The summed E-state index contributed by atoms with van der Waals surface area (Å²) >= 11 is 1.13. The molecule has 7 nitrogen and oxygen atoms in total. The summed E-state index contributed by atoms with van der Waals surface area (Å²) in [5, 5.41) is 3.93. The van der Waals surface area contributed by atoms with Crippen LogP contribution in [0.5, 0.6) is 0 Å². The van der Waals surface area contributed by atoms with Gasteiger partial charge >= 0.3 is 5.97 Å². The Bertz CT molecular complexity index is 1020. The first-order valence-electron chi connectivity index (χ1n) is 9.18. The first-order valence-corrected chi connectivity index (χ1v) is 11.5. The summed E-state index contributed by atoms with van der Waals surface area (Å²) in [6.45, 7) is 1.67. The Kier molecular flexibility index (Phi) is 6.84. The second kappa shape index (κ2) is 9.19. The van der Waals surface area contributed by atoms with Crippen LogP contribution < -0.4 is 5.32 Å². The van der Waals surface area contributed by atoms with Gasteiger partial charge in [0, 0.05) is 19.2 Å². The minimum atomic E-state index is -3.57. The number of benzene rings is 1. The number of piperidine rings is 1. The molecule has 11 heteroatoms. The van der Waals surface area contributed by atoms with Crippen molar-refractivity contribution < 1.29 is 31.5 Å². The predicted molar refractivity (Wildman–Crippen MR) is 106 cm³/mol. The van der Waals surface area contributed by atoms with Crippen LogP contribution in [0.4, 0.5) is 14.5 Å². The van der Waals surface area contributed by atoms with Crippen LogP contribution in [0.3, 0.4) is 0 Å². The summed E-state index contributed by atoms with van der Waals surface area (Å²) in [6, 6.07) is 5.88. The molecule has 0 saturated carbocycles. The molecule has 1 aromatic carbocycles. The molecule has 0 radical (unpaired) electrons. The third-order valence-electron chi connectivity index (χ3n) is 4.73. The topological polar surface area (TPSA) is 92.8 Å². The molecule has 1 N–H and O–H groups in total. The van der Waals surface area contributed by atoms with E-state index in [9.17, 15) is 26.8 Å². The molecule has 2 heterocycles. The number of hydrogen-bond acceptors (Lipinski definition) is 6. The molecule has 1 aliphatic heterocycles. The minimum absolute atomic E-state index is 0.168. The highest BCUT2D eigenvalue weighted by atomic mass is 32.2. The highest BCUT2D eigenvalue weighted by Crippen LogP contribution is 2.27. The maximum Gasteiger partial charge on any atom is 0.309 e. The first kappa shape index (κ1) is 22.3. The molecule has 1 amide bonds. The lowest BCUT2D eigenvalue weighted by Gasteiger charge is -2.30. The molecule has 30 heavy (non-hydrogen) atoms. The van der Waals surface area contributed by atoms with E-state index in [4.69, 9.17) is 4.74 Å². The third-order valence-corrected chi connectivity index (χ3v) is 8.00. The van der Waals surface area contributed by atoms with Crippen LogP contribution >= 0.6 is 11.3 Å². The monoisotopic (exact) mass is 458 g/mol. The summed E-state index contributed by atoms with van der Waals surface area (Å²) < 4.78 is 58.4. The van der Waals surface area contributed by atoms with Crippen LogP contribution in [0, 0.1) is 17.6 Å². The van der Waals surface area contributed by atoms with E-state index < -0.39 is 45.6 Å².